The maximum Gasteiger partial charge on any atom is 0.161 e. The summed E-state index contributed by atoms with van der Waals surface area (Å²) in [5, 5.41) is 3.29. The van der Waals surface area contributed by atoms with Crippen LogP contribution in [0.4, 0.5) is 5.82 Å². The zero-order valence-corrected chi connectivity index (χ0v) is 13.8. The summed E-state index contributed by atoms with van der Waals surface area (Å²) >= 11 is 3.59. The molecular weight excluding hydrogens is 330 g/mol. The number of rotatable bonds is 4. The molecule has 0 bridgehead atoms. The third kappa shape index (κ3) is 2.75. The van der Waals surface area contributed by atoms with Crippen LogP contribution in [-0.4, -0.2) is 23.1 Å². The summed E-state index contributed by atoms with van der Waals surface area (Å²) in [6.07, 6.45) is 1.82. The molecule has 0 aliphatic carbocycles. The van der Waals surface area contributed by atoms with Gasteiger partial charge in [0.05, 0.1) is 16.8 Å². The molecule has 5 heteroatoms. The molecule has 1 aliphatic heterocycles. The Hall–Kier alpha value is -1.62. The van der Waals surface area contributed by atoms with Gasteiger partial charge in [0.15, 0.2) is 5.82 Å². The fraction of sp³-hybridized carbons (Fsp3) is 0.375. The van der Waals surface area contributed by atoms with Gasteiger partial charge in [-0.2, -0.15) is 0 Å². The number of nitrogens with one attached hydrogen (secondary N) is 1. The largest absolute Gasteiger partial charge is 0.493 e. The number of hydrogen-bond acceptors (Lipinski definition) is 4. The molecule has 1 N–H and O–H groups in total. The van der Waals surface area contributed by atoms with E-state index in [-0.39, 0.29) is 0 Å². The van der Waals surface area contributed by atoms with Crippen molar-refractivity contribution in [1.29, 1.82) is 0 Å². The number of halogens is 1. The van der Waals surface area contributed by atoms with Crippen molar-refractivity contribution in [1.82, 2.24) is 9.97 Å². The second-order valence-corrected chi connectivity index (χ2v) is 5.75. The summed E-state index contributed by atoms with van der Waals surface area (Å²) in [7, 11) is 0. The van der Waals surface area contributed by atoms with Gasteiger partial charge in [-0.05, 0) is 53.0 Å². The molecule has 4 nitrogen and oxygen atoms in total. The average molecular weight is 348 g/mol. The molecule has 0 amide bonds. The van der Waals surface area contributed by atoms with E-state index in [1.54, 1.807) is 0 Å². The minimum Gasteiger partial charge on any atom is -0.493 e. The monoisotopic (exact) mass is 347 g/mol. The van der Waals surface area contributed by atoms with Crippen molar-refractivity contribution in [2.45, 2.75) is 26.7 Å². The minimum absolute atomic E-state index is 0.765. The maximum absolute atomic E-state index is 5.55. The van der Waals surface area contributed by atoms with Crippen LogP contribution in [0.15, 0.2) is 22.7 Å². The number of hydrogen-bond donors (Lipinski definition) is 1. The van der Waals surface area contributed by atoms with Crippen molar-refractivity contribution < 1.29 is 4.74 Å². The highest BCUT2D eigenvalue weighted by molar-refractivity contribution is 9.10. The normalized spacial score (nSPS) is 12.9. The highest BCUT2D eigenvalue weighted by atomic mass is 79.9. The number of anilines is 1. The van der Waals surface area contributed by atoms with Gasteiger partial charge >= 0.3 is 0 Å². The second-order valence-electron chi connectivity index (χ2n) is 4.96. The third-order valence-electron chi connectivity index (χ3n) is 3.55. The summed E-state index contributed by atoms with van der Waals surface area (Å²) < 4.78 is 6.51. The Kier molecular flexibility index (Phi) is 4.10. The van der Waals surface area contributed by atoms with Crippen LogP contribution in [0.1, 0.15) is 25.1 Å². The molecule has 1 aromatic carbocycles. The van der Waals surface area contributed by atoms with Crippen LogP contribution in [0.3, 0.4) is 0 Å². The Morgan fingerprint density at radius 1 is 1.29 bits per heavy atom. The van der Waals surface area contributed by atoms with Gasteiger partial charge in [0.1, 0.15) is 11.6 Å². The Morgan fingerprint density at radius 3 is 2.90 bits per heavy atom. The number of aromatic nitrogens is 2. The Balaban J connectivity index is 2.07. The lowest BCUT2D eigenvalue weighted by molar-refractivity contribution is 0.357. The van der Waals surface area contributed by atoms with Gasteiger partial charge in [-0.15, -0.1) is 0 Å². The first-order valence-electron chi connectivity index (χ1n) is 7.29. The quantitative estimate of drug-likeness (QED) is 0.912. The van der Waals surface area contributed by atoms with Crippen molar-refractivity contribution in [3.8, 4) is 17.1 Å². The molecule has 0 unspecified atom stereocenters. The van der Waals surface area contributed by atoms with Crippen LogP contribution in [0, 0.1) is 0 Å². The second kappa shape index (κ2) is 6.02. The van der Waals surface area contributed by atoms with Gasteiger partial charge in [0.25, 0.3) is 0 Å². The van der Waals surface area contributed by atoms with Crippen LogP contribution in [0.25, 0.3) is 11.4 Å². The highest BCUT2D eigenvalue weighted by Crippen LogP contribution is 2.31. The van der Waals surface area contributed by atoms with Crippen LogP contribution in [-0.2, 0) is 12.8 Å². The Bertz CT molecular complexity index is 673. The molecule has 0 saturated heterocycles. The Labute approximate surface area is 133 Å². The topological polar surface area (TPSA) is 47.0 Å². The van der Waals surface area contributed by atoms with Gasteiger partial charge in [0.2, 0.25) is 0 Å². The molecule has 0 fully saturated rings. The van der Waals surface area contributed by atoms with E-state index in [9.17, 15) is 0 Å². The Morgan fingerprint density at radius 2 is 2.14 bits per heavy atom. The molecule has 2 heterocycles. The van der Waals surface area contributed by atoms with E-state index < -0.39 is 0 Å². The van der Waals surface area contributed by atoms with Crippen molar-refractivity contribution in [3.63, 3.8) is 0 Å². The number of benzene rings is 1. The van der Waals surface area contributed by atoms with Crippen LogP contribution in [0.5, 0.6) is 5.75 Å². The standard InChI is InChI=1S/C16H18BrN3O/c1-3-12-14(17)16(18-4-2)20-15(19-12)11-5-6-13-10(9-11)7-8-21-13/h5-6,9H,3-4,7-8H2,1-2H3,(H,18,19,20). The lowest BCUT2D eigenvalue weighted by atomic mass is 10.1. The number of fused-ring (bicyclic) bond motifs is 1. The molecule has 21 heavy (non-hydrogen) atoms. The molecule has 1 aliphatic rings. The van der Waals surface area contributed by atoms with Gasteiger partial charge in [-0.3, -0.25) is 0 Å². The third-order valence-corrected chi connectivity index (χ3v) is 4.38. The first-order chi connectivity index (χ1) is 10.2. The number of aryl methyl sites for hydroxylation is 1. The molecule has 0 saturated carbocycles. The molecule has 3 rings (SSSR count). The van der Waals surface area contributed by atoms with E-state index in [1.165, 1.54) is 5.56 Å². The van der Waals surface area contributed by atoms with E-state index in [0.29, 0.717) is 0 Å². The molecule has 2 aromatic rings. The fourth-order valence-electron chi connectivity index (χ4n) is 2.47. The molecule has 110 valence electrons. The summed E-state index contributed by atoms with van der Waals surface area (Å²) in [5.41, 5.74) is 3.30. The van der Waals surface area contributed by atoms with Crippen molar-refractivity contribution in [2.24, 2.45) is 0 Å². The van der Waals surface area contributed by atoms with Gasteiger partial charge < -0.3 is 10.1 Å². The van der Waals surface area contributed by atoms with E-state index in [4.69, 9.17) is 9.72 Å². The lowest BCUT2D eigenvalue weighted by Crippen LogP contribution is -2.05. The molecule has 0 radical (unpaired) electrons. The van der Waals surface area contributed by atoms with Gasteiger partial charge in [-0.25, -0.2) is 9.97 Å². The van der Waals surface area contributed by atoms with Crippen molar-refractivity contribution in [2.75, 3.05) is 18.5 Å². The summed E-state index contributed by atoms with van der Waals surface area (Å²) in [5.74, 6) is 2.61. The molecule has 0 atom stereocenters. The van der Waals surface area contributed by atoms with Gasteiger partial charge in [0, 0.05) is 18.5 Å². The SMILES string of the molecule is CCNc1nc(-c2ccc3c(c2)CCO3)nc(CC)c1Br. The lowest BCUT2D eigenvalue weighted by Gasteiger charge is -2.12. The van der Waals surface area contributed by atoms with Gasteiger partial charge in [-0.1, -0.05) is 6.92 Å². The number of ether oxygens (including phenoxy) is 1. The molecule has 0 spiro atoms. The average Bonchev–Trinajstić information content (AvgIpc) is 2.97. The summed E-state index contributed by atoms with van der Waals surface area (Å²) in [4.78, 5) is 9.35. The maximum atomic E-state index is 5.55. The summed E-state index contributed by atoms with van der Waals surface area (Å²) in [6.45, 7) is 5.76. The van der Waals surface area contributed by atoms with E-state index in [1.807, 2.05) is 12.1 Å². The highest BCUT2D eigenvalue weighted by Gasteiger charge is 2.16. The first-order valence-corrected chi connectivity index (χ1v) is 8.08. The smallest absolute Gasteiger partial charge is 0.161 e. The minimum atomic E-state index is 0.765. The predicted molar refractivity (Wildman–Crippen MR) is 87.9 cm³/mol. The molecule has 1 aromatic heterocycles. The number of nitrogens with zero attached hydrogens (tertiary/aromatic N) is 2. The van der Waals surface area contributed by atoms with E-state index in [0.717, 1.165) is 59.1 Å². The van der Waals surface area contributed by atoms with Crippen LogP contribution >= 0.6 is 15.9 Å². The van der Waals surface area contributed by atoms with Crippen LogP contribution < -0.4 is 10.1 Å². The van der Waals surface area contributed by atoms with E-state index in [2.05, 4.69) is 46.1 Å². The summed E-state index contributed by atoms with van der Waals surface area (Å²) in [6, 6.07) is 6.19. The van der Waals surface area contributed by atoms with Crippen molar-refractivity contribution >= 4 is 21.7 Å². The predicted octanol–water partition coefficient (Wildman–Crippen LogP) is 3.84. The first kappa shape index (κ1) is 14.3. The van der Waals surface area contributed by atoms with Crippen molar-refractivity contribution in [3.05, 3.63) is 33.9 Å². The zero-order chi connectivity index (χ0) is 14.8. The van der Waals surface area contributed by atoms with E-state index >= 15 is 0 Å². The molecular formula is C16H18BrN3O. The van der Waals surface area contributed by atoms with Crippen LogP contribution in [0.2, 0.25) is 0 Å². The fourth-order valence-corrected chi connectivity index (χ4v) is 3.07. The zero-order valence-electron chi connectivity index (χ0n) is 12.2.